The lowest BCUT2D eigenvalue weighted by Gasteiger charge is -2.27. The summed E-state index contributed by atoms with van der Waals surface area (Å²) in [6.07, 6.45) is 2.14. The molecule has 0 unspecified atom stereocenters. The van der Waals surface area contributed by atoms with Crippen LogP contribution < -0.4 is 0 Å². The molecule has 1 heterocycles. The molecule has 1 saturated heterocycles. The second-order valence-corrected chi connectivity index (χ2v) is 8.72. The minimum Gasteiger partial charge on any atom is -0.469 e. The van der Waals surface area contributed by atoms with Gasteiger partial charge >= 0.3 is 11.9 Å². The lowest BCUT2D eigenvalue weighted by molar-refractivity contribution is -0.156. The molecule has 0 aromatic carbocycles. The zero-order valence-electron chi connectivity index (χ0n) is 18.9. The van der Waals surface area contributed by atoms with Gasteiger partial charge in [0.15, 0.2) is 0 Å². The summed E-state index contributed by atoms with van der Waals surface area (Å²) < 4.78 is 10.2. The van der Waals surface area contributed by atoms with Gasteiger partial charge in [0, 0.05) is 45.7 Å². The molecule has 1 aliphatic heterocycles. The van der Waals surface area contributed by atoms with Gasteiger partial charge in [0.1, 0.15) is 11.4 Å². The van der Waals surface area contributed by atoms with Gasteiger partial charge in [-0.25, -0.2) is 0 Å². The molecule has 1 rings (SSSR count). The number of hydrogen-bond donors (Lipinski definition) is 0. The molecule has 0 aliphatic carbocycles. The van der Waals surface area contributed by atoms with E-state index in [2.05, 4.69) is 14.7 Å². The Balaban J connectivity index is 2.63. The maximum absolute atomic E-state index is 12.3. The van der Waals surface area contributed by atoms with E-state index in [0.717, 1.165) is 58.7 Å². The van der Waals surface area contributed by atoms with Crippen LogP contribution in [0.2, 0.25) is 0 Å². The van der Waals surface area contributed by atoms with Crippen molar-refractivity contribution in [2.45, 2.75) is 52.6 Å². The number of rotatable bonds is 9. The molecule has 1 fully saturated rings. The molecule has 0 N–H and O–H groups in total. The van der Waals surface area contributed by atoms with Crippen molar-refractivity contribution in [3.63, 3.8) is 0 Å². The third kappa shape index (κ3) is 12.6. The van der Waals surface area contributed by atoms with Gasteiger partial charge < -0.3 is 14.4 Å². The van der Waals surface area contributed by atoms with E-state index >= 15 is 0 Å². The first kappa shape index (κ1) is 25.5. The highest BCUT2D eigenvalue weighted by Gasteiger charge is 2.22. The fourth-order valence-corrected chi connectivity index (χ4v) is 3.30. The van der Waals surface area contributed by atoms with E-state index < -0.39 is 5.60 Å². The summed E-state index contributed by atoms with van der Waals surface area (Å²) in [4.78, 5) is 41.8. The largest absolute Gasteiger partial charge is 0.469 e. The summed E-state index contributed by atoms with van der Waals surface area (Å²) >= 11 is 0. The summed E-state index contributed by atoms with van der Waals surface area (Å²) in [6, 6.07) is 0. The summed E-state index contributed by atoms with van der Waals surface area (Å²) in [5.41, 5.74) is -0.497. The second-order valence-electron chi connectivity index (χ2n) is 8.72. The van der Waals surface area contributed by atoms with E-state index in [4.69, 9.17) is 9.47 Å². The van der Waals surface area contributed by atoms with Crippen LogP contribution in [0.5, 0.6) is 0 Å². The number of methoxy groups -OCH3 is 1. The van der Waals surface area contributed by atoms with Gasteiger partial charge in [0.05, 0.1) is 20.2 Å². The number of Topliss-reactive ketones (excluding diaryl/α,β-unsaturated/α-hetero) is 1. The van der Waals surface area contributed by atoms with Gasteiger partial charge in [-0.05, 0) is 47.1 Å². The fourth-order valence-electron chi connectivity index (χ4n) is 3.30. The Hall–Kier alpha value is -1.51. The first-order valence-electron chi connectivity index (χ1n) is 10.5. The smallest absolute Gasteiger partial charge is 0.320 e. The molecule has 8 nitrogen and oxygen atoms in total. The van der Waals surface area contributed by atoms with E-state index in [1.807, 2.05) is 20.8 Å². The maximum Gasteiger partial charge on any atom is 0.320 e. The number of unbranched alkanes of at least 4 members (excludes halogenated alkanes) is 1. The predicted molar refractivity (Wildman–Crippen MR) is 112 cm³/mol. The first-order chi connectivity index (χ1) is 13.6. The molecular weight excluding hydrogens is 374 g/mol. The van der Waals surface area contributed by atoms with Gasteiger partial charge in [0.25, 0.3) is 0 Å². The summed E-state index contributed by atoms with van der Waals surface area (Å²) in [7, 11) is 1.41. The average molecular weight is 414 g/mol. The molecule has 0 atom stereocenters. The molecule has 0 bridgehead atoms. The molecule has 0 amide bonds. The summed E-state index contributed by atoms with van der Waals surface area (Å²) in [5.74, 6) is -0.252. The first-order valence-corrected chi connectivity index (χ1v) is 10.5. The van der Waals surface area contributed by atoms with Crippen LogP contribution >= 0.6 is 0 Å². The van der Waals surface area contributed by atoms with E-state index in [0.29, 0.717) is 13.0 Å². The van der Waals surface area contributed by atoms with E-state index in [9.17, 15) is 14.4 Å². The van der Waals surface area contributed by atoms with E-state index in [1.165, 1.54) is 7.11 Å². The molecule has 1 aliphatic rings. The van der Waals surface area contributed by atoms with Crippen molar-refractivity contribution in [2.24, 2.45) is 0 Å². The predicted octanol–water partition coefficient (Wildman–Crippen LogP) is 1.18. The zero-order chi connectivity index (χ0) is 21.9. The highest BCUT2D eigenvalue weighted by Crippen LogP contribution is 2.09. The second kappa shape index (κ2) is 12.9. The Kier molecular flexibility index (Phi) is 11.4. The minimum absolute atomic E-state index is 0.146. The molecule has 29 heavy (non-hydrogen) atoms. The number of carbonyl (C=O) groups excluding carboxylic acids is 3. The molecular formula is C21H39N3O5. The van der Waals surface area contributed by atoms with Crippen LogP contribution in [-0.2, 0) is 23.9 Å². The molecule has 0 saturated carbocycles. The summed E-state index contributed by atoms with van der Waals surface area (Å²) in [6.45, 7) is 13.5. The lowest BCUT2D eigenvalue weighted by atomic mass is 10.2. The van der Waals surface area contributed by atoms with Crippen LogP contribution in [0, 0.1) is 0 Å². The summed E-state index contributed by atoms with van der Waals surface area (Å²) in [5, 5.41) is 0. The minimum atomic E-state index is -0.497. The third-order valence-corrected chi connectivity index (χ3v) is 4.75. The van der Waals surface area contributed by atoms with Crippen molar-refractivity contribution in [2.75, 3.05) is 66.0 Å². The highest BCUT2D eigenvalue weighted by molar-refractivity contribution is 5.77. The van der Waals surface area contributed by atoms with Gasteiger partial charge in [-0.1, -0.05) is 0 Å². The highest BCUT2D eigenvalue weighted by atomic mass is 16.6. The van der Waals surface area contributed by atoms with Crippen molar-refractivity contribution in [1.29, 1.82) is 0 Å². The molecule has 0 radical (unpaired) electrons. The Morgan fingerprint density at radius 3 is 1.79 bits per heavy atom. The van der Waals surface area contributed by atoms with Crippen LogP contribution in [0.15, 0.2) is 0 Å². The quantitative estimate of drug-likeness (QED) is 0.412. The van der Waals surface area contributed by atoms with Crippen LogP contribution in [0.4, 0.5) is 0 Å². The number of hydrogen-bond acceptors (Lipinski definition) is 8. The normalized spacial score (nSPS) is 17.8. The van der Waals surface area contributed by atoms with E-state index in [1.54, 1.807) is 6.92 Å². The maximum atomic E-state index is 12.3. The van der Waals surface area contributed by atoms with Crippen molar-refractivity contribution in [3.05, 3.63) is 0 Å². The monoisotopic (exact) mass is 413 g/mol. The standard InChI is InChI=1S/C21H39N3O5/c1-18(25)16-23-12-10-22(9-7-6-8-19(26)28-5)11-13-24(15-14-23)17-20(27)29-21(2,3)4/h6-17H2,1-5H3. The van der Waals surface area contributed by atoms with Crippen molar-refractivity contribution >= 4 is 17.7 Å². The SMILES string of the molecule is COC(=O)CCCCN1CCN(CC(C)=O)CCN(CC(=O)OC(C)(C)C)CC1. The van der Waals surface area contributed by atoms with Crippen molar-refractivity contribution in [1.82, 2.24) is 14.7 Å². The number of esters is 2. The average Bonchev–Trinajstić information content (AvgIpc) is 2.69. The number of ether oxygens (including phenoxy) is 2. The molecule has 168 valence electrons. The Morgan fingerprint density at radius 2 is 1.31 bits per heavy atom. The van der Waals surface area contributed by atoms with Gasteiger partial charge in [-0.3, -0.25) is 24.2 Å². The Morgan fingerprint density at radius 1 is 0.793 bits per heavy atom. The Bertz CT molecular complexity index is 533. The zero-order valence-corrected chi connectivity index (χ0v) is 18.9. The van der Waals surface area contributed by atoms with E-state index in [-0.39, 0.29) is 24.3 Å². The molecule has 8 heteroatoms. The number of carbonyl (C=O) groups is 3. The van der Waals surface area contributed by atoms with Crippen molar-refractivity contribution in [3.8, 4) is 0 Å². The number of nitrogens with zero attached hydrogens (tertiary/aromatic N) is 3. The van der Waals surface area contributed by atoms with Crippen molar-refractivity contribution < 1.29 is 23.9 Å². The number of ketones is 1. The topological polar surface area (TPSA) is 79.4 Å². The van der Waals surface area contributed by atoms with Gasteiger partial charge in [-0.15, -0.1) is 0 Å². The molecule has 0 aromatic rings. The fraction of sp³-hybridized carbons (Fsp3) is 0.857. The van der Waals surface area contributed by atoms with Crippen LogP contribution in [0.3, 0.4) is 0 Å². The van der Waals surface area contributed by atoms with Crippen LogP contribution in [0.25, 0.3) is 0 Å². The lowest BCUT2D eigenvalue weighted by Crippen LogP contribution is -2.41. The van der Waals surface area contributed by atoms with Crippen LogP contribution in [0.1, 0.15) is 47.0 Å². The van der Waals surface area contributed by atoms with Gasteiger partial charge in [-0.2, -0.15) is 0 Å². The Labute approximate surface area is 175 Å². The molecule has 0 spiro atoms. The third-order valence-electron chi connectivity index (χ3n) is 4.75. The van der Waals surface area contributed by atoms with Crippen LogP contribution in [-0.4, -0.2) is 104 Å². The molecule has 0 aromatic heterocycles. The van der Waals surface area contributed by atoms with Gasteiger partial charge in [0.2, 0.25) is 0 Å².